The number of thiophene rings is 1. The Bertz CT molecular complexity index is 975. The molecule has 2 N–H and O–H groups in total. The van der Waals surface area contributed by atoms with Gasteiger partial charge in [-0.25, -0.2) is 9.78 Å². The molecule has 26 heavy (non-hydrogen) atoms. The first-order chi connectivity index (χ1) is 12.4. The highest BCUT2D eigenvalue weighted by Gasteiger charge is 2.37. The Kier molecular flexibility index (Phi) is 4.00. The van der Waals surface area contributed by atoms with E-state index in [-0.39, 0.29) is 11.7 Å². The molecule has 1 atom stereocenters. The maximum Gasteiger partial charge on any atom is 0.350 e. The van der Waals surface area contributed by atoms with Crippen LogP contribution in [0.15, 0.2) is 28.9 Å². The summed E-state index contributed by atoms with van der Waals surface area (Å²) < 4.78 is 16.9. The number of hydrogen-bond donors (Lipinski definition) is 1. The average molecular weight is 372 g/mol. The van der Waals surface area contributed by atoms with E-state index in [1.54, 1.807) is 13.2 Å². The molecule has 1 unspecified atom stereocenters. The van der Waals surface area contributed by atoms with Crippen LogP contribution in [0, 0.1) is 0 Å². The van der Waals surface area contributed by atoms with Crippen LogP contribution in [0.3, 0.4) is 0 Å². The zero-order chi connectivity index (χ0) is 18.5. The molecule has 7 heteroatoms. The van der Waals surface area contributed by atoms with Crippen molar-refractivity contribution in [3.05, 3.63) is 46.4 Å². The fourth-order valence-corrected chi connectivity index (χ4v) is 4.28. The Balaban J connectivity index is 1.88. The maximum absolute atomic E-state index is 12.2. The lowest BCUT2D eigenvalue weighted by Gasteiger charge is -2.36. The van der Waals surface area contributed by atoms with Gasteiger partial charge in [-0.1, -0.05) is 0 Å². The van der Waals surface area contributed by atoms with Gasteiger partial charge in [-0.15, -0.1) is 11.3 Å². The lowest BCUT2D eigenvalue weighted by atomic mass is 9.90. The highest BCUT2D eigenvalue weighted by Crippen LogP contribution is 2.43. The van der Waals surface area contributed by atoms with Crippen molar-refractivity contribution in [2.45, 2.75) is 38.9 Å². The SMILES string of the molecule is CCOC(=O)c1sc2nc3c(cc2c1N)C(c1ccco1)OC(C)(C)C3. The Morgan fingerprint density at radius 3 is 3.00 bits per heavy atom. The molecule has 1 aliphatic rings. The average Bonchev–Trinajstić information content (AvgIpc) is 3.21. The van der Waals surface area contributed by atoms with E-state index in [9.17, 15) is 4.79 Å². The smallest absolute Gasteiger partial charge is 0.350 e. The van der Waals surface area contributed by atoms with Crippen LogP contribution in [0.5, 0.6) is 0 Å². The van der Waals surface area contributed by atoms with Gasteiger partial charge in [0.15, 0.2) is 0 Å². The molecule has 0 spiro atoms. The van der Waals surface area contributed by atoms with Crippen molar-refractivity contribution in [1.29, 1.82) is 0 Å². The van der Waals surface area contributed by atoms with Gasteiger partial charge >= 0.3 is 5.97 Å². The number of hydrogen-bond acceptors (Lipinski definition) is 7. The first-order valence-electron chi connectivity index (χ1n) is 8.49. The minimum Gasteiger partial charge on any atom is -0.466 e. The first-order valence-corrected chi connectivity index (χ1v) is 9.31. The third-order valence-corrected chi connectivity index (χ3v) is 5.50. The van der Waals surface area contributed by atoms with Crippen molar-refractivity contribution in [3.63, 3.8) is 0 Å². The van der Waals surface area contributed by atoms with Gasteiger partial charge in [0.05, 0.1) is 29.9 Å². The molecule has 0 aromatic carbocycles. The van der Waals surface area contributed by atoms with Crippen molar-refractivity contribution in [3.8, 4) is 0 Å². The summed E-state index contributed by atoms with van der Waals surface area (Å²) >= 11 is 1.27. The number of fused-ring (bicyclic) bond motifs is 2. The van der Waals surface area contributed by atoms with Crippen LogP contribution in [0.25, 0.3) is 10.2 Å². The van der Waals surface area contributed by atoms with Gasteiger partial charge in [0.1, 0.15) is 21.6 Å². The summed E-state index contributed by atoms with van der Waals surface area (Å²) in [5.41, 5.74) is 8.11. The standard InChI is InChI=1S/C19H20N2O4S/c1-4-23-18(22)16-14(20)11-8-10-12(21-17(11)26-16)9-19(2,3)25-15(10)13-6-5-7-24-13/h5-8,15H,4,9,20H2,1-3H3. The molecule has 0 bridgehead atoms. The number of nitrogens with zero attached hydrogens (tertiary/aromatic N) is 1. The number of esters is 1. The predicted molar refractivity (Wildman–Crippen MR) is 99.4 cm³/mol. The third-order valence-electron chi connectivity index (χ3n) is 4.41. The van der Waals surface area contributed by atoms with Gasteiger partial charge in [-0.05, 0) is 39.0 Å². The lowest BCUT2D eigenvalue weighted by molar-refractivity contribution is -0.0752. The number of anilines is 1. The Morgan fingerprint density at radius 1 is 1.50 bits per heavy atom. The molecule has 0 aliphatic carbocycles. The summed E-state index contributed by atoms with van der Waals surface area (Å²) in [5.74, 6) is 0.310. The Hall–Kier alpha value is -2.38. The summed E-state index contributed by atoms with van der Waals surface area (Å²) in [6.07, 6.45) is 1.94. The van der Waals surface area contributed by atoms with Crippen LogP contribution >= 0.6 is 11.3 Å². The number of aromatic nitrogens is 1. The molecule has 0 saturated carbocycles. The van der Waals surface area contributed by atoms with Crippen LogP contribution in [-0.2, 0) is 15.9 Å². The van der Waals surface area contributed by atoms with E-state index in [0.29, 0.717) is 23.6 Å². The number of furan rings is 1. The fraction of sp³-hybridized carbons (Fsp3) is 0.368. The van der Waals surface area contributed by atoms with Crippen LogP contribution in [-0.4, -0.2) is 23.2 Å². The molecule has 3 aromatic rings. The second-order valence-corrected chi connectivity index (χ2v) is 7.89. The van der Waals surface area contributed by atoms with Gasteiger partial charge < -0.3 is 19.6 Å². The van der Waals surface area contributed by atoms with E-state index in [1.807, 2.05) is 32.0 Å². The normalized spacial score (nSPS) is 18.7. The van der Waals surface area contributed by atoms with E-state index in [0.717, 1.165) is 27.2 Å². The van der Waals surface area contributed by atoms with Crippen molar-refractivity contribution < 1.29 is 18.7 Å². The van der Waals surface area contributed by atoms with Crippen molar-refractivity contribution in [2.24, 2.45) is 0 Å². The van der Waals surface area contributed by atoms with Crippen LogP contribution < -0.4 is 5.73 Å². The largest absolute Gasteiger partial charge is 0.466 e. The first kappa shape index (κ1) is 17.1. The molecule has 136 valence electrons. The summed E-state index contributed by atoms with van der Waals surface area (Å²) in [5, 5.41) is 0.747. The minimum absolute atomic E-state index is 0.305. The van der Waals surface area contributed by atoms with E-state index in [4.69, 9.17) is 24.6 Å². The minimum atomic E-state index is -0.412. The third kappa shape index (κ3) is 2.77. The number of nitrogens with two attached hydrogens (primary N) is 1. The fourth-order valence-electron chi connectivity index (χ4n) is 3.29. The quantitative estimate of drug-likeness (QED) is 0.697. The second kappa shape index (κ2) is 6.10. The van der Waals surface area contributed by atoms with E-state index in [2.05, 4.69) is 0 Å². The molecular formula is C19H20N2O4S. The topological polar surface area (TPSA) is 87.6 Å². The van der Waals surface area contributed by atoms with Crippen molar-refractivity contribution in [1.82, 2.24) is 4.98 Å². The van der Waals surface area contributed by atoms with E-state index in [1.165, 1.54) is 11.3 Å². The number of rotatable bonds is 3. The van der Waals surface area contributed by atoms with Crippen LogP contribution in [0.4, 0.5) is 5.69 Å². The number of carbonyl (C=O) groups excluding carboxylic acids is 1. The number of ether oxygens (including phenoxy) is 2. The van der Waals surface area contributed by atoms with Gasteiger partial charge in [0, 0.05) is 17.4 Å². The molecule has 4 rings (SSSR count). The van der Waals surface area contributed by atoms with Gasteiger partial charge in [-0.3, -0.25) is 0 Å². The lowest BCUT2D eigenvalue weighted by Crippen LogP contribution is -2.35. The molecule has 0 saturated heterocycles. The highest BCUT2D eigenvalue weighted by atomic mass is 32.1. The highest BCUT2D eigenvalue weighted by molar-refractivity contribution is 7.21. The zero-order valence-corrected chi connectivity index (χ0v) is 15.7. The number of carbonyl (C=O) groups is 1. The molecule has 6 nitrogen and oxygen atoms in total. The zero-order valence-electron chi connectivity index (χ0n) is 14.9. The van der Waals surface area contributed by atoms with E-state index < -0.39 is 5.97 Å². The van der Waals surface area contributed by atoms with Crippen molar-refractivity contribution in [2.75, 3.05) is 12.3 Å². The van der Waals surface area contributed by atoms with E-state index >= 15 is 0 Å². The monoisotopic (exact) mass is 372 g/mol. The molecule has 0 fully saturated rings. The van der Waals surface area contributed by atoms with Crippen LogP contribution in [0.2, 0.25) is 0 Å². The Morgan fingerprint density at radius 2 is 2.31 bits per heavy atom. The molecular weight excluding hydrogens is 352 g/mol. The molecule has 4 heterocycles. The van der Waals surface area contributed by atoms with Gasteiger partial charge in [-0.2, -0.15) is 0 Å². The van der Waals surface area contributed by atoms with Gasteiger partial charge in [0.2, 0.25) is 0 Å². The molecule has 1 aliphatic heterocycles. The van der Waals surface area contributed by atoms with Gasteiger partial charge in [0.25, 0.3) is 0 Å². The van der Waals surface area contributed by atoms with Crippen molar-refractivity contribution >= 4 is 33.2 Å². The predicted octanol–water partition coefficient (Wildman–Crippen LogP) is 4.09. The summed E-state index contributed by atoms with van der Waals surface area (Å²) in [7, 11) is 0. The Labute approximate surface area is 154 Å². The molecule has 3 aromatic heterocycles. The second-order valence-electron chi connectivity index (χ2n) is 6.89. The van der Waals surface area contributed by atoms with Crippen LogP contribution in [0.1, 0.15) is 53.6 Å². The maximum atomic E-state index is 12.2. The summed E-state index contributed by atoms with van der Waals surface area (Å²) in [6.45, 7) is 6.14. The molecule has 0 amide bonds. The molecule has 0 radical (unpaired) electrons. The summed E-state index contributed by atoms with van der Waals surface area (Å²) in [4.78, 5) is 18.1. The number of pyridine rings is 1. The number of nitrogen functional groups attached to an aromatic ring is 1. The summed E-state index contributed by atoms with van der Waals surface area (Å²) in [6, 6.07) is 5.69.